The second-order valence-electron chi connectivity index (χ2n) is 5.32. The summed E-state index contributed by atoms with van der Waals surface area (Å²) in [4.78, 5) is 0. The van der Waals surface area contributed by atoms with Gasteiger partial charge in [0.1, 0.15) is 5.75 Å². The van der Waals surface area contributed by atoms with Crippen LogP contribution in [-0.2, 0) is 12.5 Å². The maximum absolute atomic E-state index is 14.4. The first-order valence-corrected chi connectivity index (χ1v) is 7.65. The molecule has 0 saturated heterocycles. The minimum absolute atomic E-state index is 0.0990. The molecule has 0 amide bonds. The highest BCUT2D eigenvalue weighted by Crippen LogP contribution is 2.33. The lowest BCUT2D eigenvalue weighted by molar-refractivity contribution is 0.0379. The fraction of sp³-hybridized carbons (Fsp3) is 0.222. The minimum Gasteiger partial charge on any atom is -0.494 e. The maximum Gasteiger partial charge on any atom is 0.318 e. The first kappa shape index (κ1) is 16.1. The molecule has 0 aliphatic carbocycles. The van der Waals surface area contributed by atoms with Gasteiger partial charge < -0.3 is 4.74 Å². The first-order valence-electron chi connectivity index (χ1n) is 7.65. The van der Waals surface area contributed by atoms with Crippen molar-refractivity contribution in [3.8, 4) is 5.75 Å². The highest BCUT2D eigenvalue weighted by Gasteiger charge is 2.37. The monoisotopic (exact) mass is 329 g/mol. The maximum atomic E-state index is 14.4. The Morgan fingerprint density at radius 2 is 1.75 bits per heavy atom. The van der Waals surface area contributed by atoms with Gasteiger partial charge in [-0.15, -0.1) is 5.10 Å². The van der Waals surface area contributed by atoms with Crippen LogP contribution in [0.2, 0.25) is 0 Å². The number of nitrogens with zero attached hydrogens (tertiary/aromatic N) is 3. The molecule has 0 saturated carbocycles. The number of benzene rings is 2. The molecule has 0 atom stereocenters. The van der Waals surface area contributed by atoms with Crippen LogP contribution in [0.25, 0.3) is 0 Å². The van der Waals surface area contributed by atoms with Gasteiger partial charge in [0, 0.05) is 5.56 Å². The zero-order valence-electron chi connectivity index (χ0n) is 13.2. The number of aromatic nitrogens is 3. The molecule has 4 nitrogen and oxygen atoms in total. The van der Waals surface area contributed by atoms with E-state index < -0.39 is 5.92 Å². The van der Waals surface area contributed by atoms with Crippen LogP contribution in [0, 0.1) is 0 Å². The third-order valence-electron chi connectivity index (χ3n) is 3.58. The Balaban J connectivity index is 1.76. The van der Waals surface area contributed by atoms with Crippen molar-refractivity contribution in [2.24, 2.45) is 0 Å². The Morgan fingerprint density at radius 3 is 2.42 bits per heavy atom. The Labute approximate surface area is 138 Å². The molecular formula is C18H17F2N3O. The summed E-state index contributed by atoms with van der Waals surface area (Å²) in [7, 11) is 0. The zero-order chi connectivity index (χ0) is 17.0. The third-order valence-corrected chi connectivity index (χ3v) is 3.58. The molecule has 24 heavy (non-hydrogen) atoms. The third kappa shape index (κ3) is 3.42. The largest absolute Gasteiger partial charge is 0.494 e. The van der Waals surface area contributed by atoms with Crippen molar-refractivity contribution in [1.82, 2.24) is 15.0 Å². The molecule has 1 aromatic heterocycles. The molecule has 0 spiro atoms. The summed E-state index contributed by atoms with van der Waals surface area (Å²) in [6.45, 7) is 2.88. The van der Waals surface area contributed by atoms with Gasteiger partial charge in [-0.05, 0) is 24.6 Å². The van der Waals surface area contributed by atoms with Crippen LogP contribution in [-0.4, -0.2) is 21.6 Å². The van der Waals surface area contributed by atoms with Crippen molar-refractivity contribution >= 4 is 0 Å². The lowest BCUT2D eigenvalue weighted by Gasteiger charge is -2.13. The number of ether oxygens (including phenoxy) is 1. The zero-order valence-corrected chi connectivity index (χ0v) is 13.2. The van der Waals surface area contributed by atoms with Crippen molar-refractivity contribution in [3.63, 3.8) is 0 Å². The van der Waals surface area contributed by atoms with Crippen molar-refractivity contribution in [2.45, 2.75) is 19.4 Å². The van der Waals surface area contributed by atoms with Crippen LogP contribution in [0.15, 0.2) is 60.8 Å². The van der Waals surface area contributed by atoms with Gasteiger partial charge in [0.15, 0.2) is 5.69 Å². The summed E-state index contributed by atoms with van der Waals surface area (Å²) in [5.41, 5.74) is 0.468. The molecular weight excluding hydrogens is 312 g/mol. The second-order valence-corrected chi connectivity index (χ2v) is 5.32. The number of rotatable bonds is 6. The SMILES string of the molecule is CCOc1ccc(Cn2cc(C(F)(F)c3ccccc3)nn2)cc1. The average Bonchev–Trinajstić information content (AvgIpc) is 3.07. The fourth-order valence-electron chi connectivity index (χ4n) is 2.36. The lowest BCUT2D eigenvalue weighted by Crippen LogP contribution is -2.15. The van der Waals surface area contributed by atoms with E-state index in [-0.39, 0.29) is 11.3 Å². The molecule has 2 aromatic carbocycles. The van der Waals surface area contributed by atoms with Gasteiger partial charge in [0.2, 0.25) is 0 Å². The minimum atomic E-state index is -3.17. The smallest absolute Gasteiger partial charge is 0.318 e. The van der Waals surface area contributed by atoms with E-state index in [0.29, 0.717) is 13.2 Å². The molecule has 0 aliphatic heterocycles. The quantitative estimate of drug-likeness (QED) is 0.689. The van der Waals surface area contributed by atoms with Crippen LogP contribution < -0.4 is 4.74 Å². The van der Waals surface area contributed by atoms with Crippen molar-refractivity contribution in [1.29, 1.82) is 0 Å². The van der Waals surface area contributed by atoms with E-state index in [1.165, 1.54) is 23.0 Å². The molecule has 0 fully saturated rings. The highest BCUT2D eigenvalue weighted by molar-refractivity contribution is 5.29. The second kappa shape index (κ2) is 6.78. The summed E-state index contributed by atoms with van der Waals surface area (Å²) < 4.78 is 35.7. The molecule has 0 unspecified atom stereocenters. The van der Waals surface area contributed by atoms with Crippen LogP contribution in [0.3, 0.4) is 0 Å². The number of halogens is 2. The Kier molecular flexibility index (Phi) is 4.55. The van der Waals surface area contributed by atoms with Gasteiger partial charge in [-0.2, -0.15) is 8.78 Å². The number of hydrogen-bond donors (Lipinski definition) is 0. The Hall–Kier alpha value is -2.76. The van der Waals surface area contributed by atoms with Gasteiger partial charge in [-0.25, -0.2) is 4.68 Å². The van der Waals surface area contributed by atoms with E-state index in [0.717, 1.165) is 11.3 Å². The van der Waals surface area contributed by atoms with Crippen LogP contribution >= 0.6 is 0 Å². The molecule has 0 N–H and O–H groups in total. The van der Waals surface area contributed by atoms with Crippen molar-refractivity contribution < 1.29 is 13.5 Å². The summed E-state index contributed by atoms with van der Waals surface area (Å²) in [5.74, 6) is -2.39. The van der Waals surface area contributed by atoms with E-state index in [1.807, 2.05) is 31.2 Å². The van der Waals surface area contributed by atoms with Crippen LogP contribution in [0.5, 0.6) is 5.75 Å². The van der Waals surface area contributed by atoms with Gasteiger partial charge in [0.05, 0.1) is 19.3 Å². The van der Waals surface area contributed by atoms with Gasteiger partial charge in [-0.3, -0.25) is 0 Å². The van der Waals surface area contributed by atoms with Crippen LogP contribution in [0.1, 0.15) is 23.7 Å². The van der Waals surface area contributed by atoms with Crippen molar-refractivity contribution in [3.05, 3.63) is 77.6 Å². The lowest BCUT2D eigenvalue weighted by atomic mass is 10.1. The summed E-state index contributed by atoms with van der Waals surface area (Å²) in [6.07, 6.45) is 1.28. The van der Waals surface area contributed by atoms with Gasteiger partial charge in [0.25, 0.3) is 0 Å². The topological polar surface area (TPSA) is 39.9 Å². The van der Waals surface area contributed by atoms with Crippen LogP contribution in [0.4, 0.5) is 8.78 Å². The van der Waals surface area contributed by atoms with E-state index in [2.05, 4.69) is 10.3 Å². The molecule has 1 heterocycles. The molecule has 124 valence electrons. The predicted octanol–water partition coefficient (Wildman–Crippen LogP) is 3.87. The Morgan fingerprint density at radius 1 is 1.04 bits per heavy atom. The fourth-order valence-corrected chi connectivity index (χ4v) is 2.36. The normalized spacial score (nSPS) is 11.5. The van der Waals surface area contributed by atoms with E-state index in [4.69, 9.17) is 4.74 Å². The molecule has 3 aromatic rings. The first-order chi connectivity index (χ1) is 11.6. The highest BCUT2D eigenvalue weighted by atomic mass is 19.3. The molecule has 6 heteroatoms. The van der Waals surface area contributed by atoms with E-state index in [1.54, 1.807) is 18.2 Å². The summed E-state index contributed by atoms with van der Waals surface area (Å²) in [5, 5.41) is 7.46. The van der Waals surface area contributed by atoms with Crippen molar-refractivity contribution in [2.75, 3.05) is 6.61 Å². The van der Waals surface area contributed by atoms with Gasteiger partial charge in [-0.1, -0.05) is 47.7 Å². The average molecular weight is 329 g/mol. The predicted molar refractivity (Wildman–Crippen MR) is 86.2 cm³/mol. The molecule has 0 bridgehead atoms. The van der Waals surface area contributed by atoms with Gasteiger partial charge >= 0.3 is 5.92 Å². The molecule has 0 radical (unpaired) electrons. The molecule has 3 rings (SSSR count). The standard InChI is InChI=1S/C18H17F2N3O/c1-2-24-16-10-8-14(9-11-16)12-23-13-17(21-22-23)18(19,20)15-6-4-3-5-7-15/h3-11,13H,2,12H2,1H3. The molecule has 0 aliphatic rings. The number of hydrogen-bond acceptors (Lipinski definition) is 3. The summed E-state index contributed by atoms with van der Waals surface area (Å²) >= 11 is 0. The number of alkyl halides is 2. The Bertz CT molecular complexity index is 786. The van der Waals surface area contributed by atoms with E-state index in [9.17, 15) is 8.78 Å². The summed E-state index contributed by atoms with van der Waals surface area (Å²) in [6, 6.07) is 15.0. The van der Waals surface area contributed by atoms with E-state index >= 15 is 0 Å².